The first-order valence-corrected chi connectivity index (χ1v) is 10.4. The van der Waals surface area contributed by atoms with Gasteiger partial charge in [-0.25, -0.2) is 4.79 Å². The molecule has 0 aromatic carbocycles. The highest BCUT2D eigenvalue weighted by Crippen LogP contribution is 2.19. The van der Waals surface area contributed by atoms with E-state index in [0.29, 0.717) is 19.1 Å². The lowest BCUT2D eigenvalue weighted by molar-refractivity contribution is -0.131. The van der Waals surface area contributed by atoms with Crippen LogP contribution in [0.3, 0.4) is 0 Å². The number of rotatable bonds is 9. The number of carbonyl (C=O) groups excluding carboxylic acids is 2. The monoisotopic (exact) mass is 357 g/mol. The molecule has 6 nitrogen and oxygen atoms in total. The van der Waals surface area contributed by atoms with Gasteiger partial charge in [0.25, 0.3) is 0 Å². The zero-order valence-corrected chi connectivity index (χ0v) is 15.5. The van der Waals surface area contributed by atoms with E-state index < -0.39 is 0 Å². The molecule has 2 rings (SSSR count). The van der Waals surface area contributed by atoms with Gasteiger partial charge in [-0.05, 0) is 18.8 Å². The van der Waals surface area contributed by atoms with E-state index in [4.69, 9.17) is 4.74 Å². The summed E-state index contributed by atoms with van der Waals surface area (Å²) in [6.45, 7) is 4.88. The number of alkyl carbamates (subject to hydrolysis) is 1. The molecule has 2 amide bonds. The molecule has 0 radical (unpaired) electrons. The van der Waals surface area contributed by atoms with Crippen LogP contribution in [0.15, 0.2) is 0 Å². The predicted octanol–water partition coefficient (Wildman–Crippen LogP) is 2.19. The molecule has 0 spiro atoms. The number of amides is 2. The molecule has 0 bridgehead atoms. The van der Waals surface area contributed by atoms with Crippen molar-refractivity contribution in [1.82, 2.24) is 15.5 Å². The van der Waals surface area contributed by atoms with Crippen LogP contribution in [0.4, 0.5) is 4.79 Å². The molecular formula is C17H31N3O3S. The van der Waals surface area contributed by atoms with E-state index in [2.05, 4.69) is 17.6 Å². The third-order valence-electron chi connectivity index (χ3n) is 4.60. The second-order valence-corrected chi connectivity index (χ2v) is 7.71. The molecule has 2 aliphatic rings. The van der Waals surface area contributed by atoms with Crippen molar-refractivity contribution in [3.63, 3.8) is 0 Å². The molecule has 0 saturated carbocycles. The van der Waals surface area contributed by atoms with Gasteiger partial charge in [-0.1, -0.05) is 32.6 Å². The molecular weight excluding hydrogens is 326 g/mol. The maximum absolute atomic E-state index is 12.3. The SMILES string of the molecule is CCCCCCCOC(=O)NC[C@@H]1CN[C@H](C(=O)N2CCSC2)C1. The van der Waals surface area contributed by atoms with Crippen molar-refractivity contribution in [2.45, 2.75) is 51.5 Å². The van der Waals surface area contributed by atoms with Crippen LogP contribution in [-0.4, -0.2) is 60.8 Å². The molecule has 7 heteroatoms. The molecule has 138 valence electrons. The van der Waals surface area contributed by atoms with Gasteiger partial charge < -0.3 is 20.3 Å². The van der Waals surface area contributed by atoms with Crippen LogP contribution in [0.5, 0.6) is 0 Å². The van der Waals surface area contributed by atoms with Gasteiger partial charge in [-0.3, -0.25) is 4.79 Å². The number of hydrogen-bond acceptors (Lipinski definition) is 5. The van der Waals surface area contributed by atoms with E-state index in [1.165, 1.54) is 19.3 Å². The summed E-state index contributed by atoms with van der Waals surface area (Å²) in [5, 5.41) is 6.11. The minimum atomic E-state index is -0.337. The van der Waals surface area contributed by atoms with Gasteiger partial charge in [0.15, 0.2) is 0 Å². The van der Waals surface area contributed by atoms with E-state index >= 15 is 0 Å². The van der Waals surface area contributed by atoms with Crippen molar-refractivity contribution < 1.29 is 14.3 Å². The van der Waals surface area contributed by atoms with Crippen molar-refractivity contribution >= 4 is 23.8 Å². The van der Waals surface area contributed by atoms with Crippen LogP contribution in [0.1, 0.15) is 45.4 Å². The van der Waals surface area contributed by atoms with E-state index in [1.807, 2.05) is 4.90 Å². The number of unbranched alkanes of at least 4 members (excludes halogenated alkanes) is 4. The van der Waals surface area contributed by atoms with Gasteiger partial charge in [0.2, 0.25) is 5.91 Å². The van der Waals surface area contributed by atoms with Crippen LogP contribution in [-0.2, 0) is 9.53 Å². The summed E-state index contributed by atoms with van der Waals surface area (Å²) in [6.07, 6.45) is 6.18. The molecule has 0 aliphatic carbocycles. The van der Waals surface area contributed by atoms with Crippen LogP contribution in [0, 0.1) is 5.92 Å². The smallest absolute Gasteiger partial charge is 0.407 e. The van der Waals surface area contributed by atoms with E-state index in [9.17, 15) is 9.59 Å². The average molecular weight is 358 g/mol. The number of hydrogen-bond donors (Lipinski definition) is 2. The molecule has 0 aromatic rings. The summed E-state index contributed by atoms with van der Waals surface area (Å²) in [6, 6.07) is -0.0925. The zero-order valence-electron chi connectivity index (χ0n) is 14.7. The normalized spacial score (nSPS) is 23.5. The maximum Gasteiger partial charge on any atom is 0.407 e. The summed E-state index contributed by atoms with van der Waals surface area (Å²) in [4.78, 5) is 25.9. The van der Waals surface area contributed by atoms with Crippen molar-refractivity contribution in [1.29, 1.82) is 0 Å². The maximum atomic E-state index is 12.3. The number of nitrogens with zero attached hydrogens (tertiary/aromatic N) is 1. The third kappa shape index (κ3) is 6.51. The lowest BCUT2D eigenvalue weighted by Crippen LogP contribution is -2.42. The second kappa shape index (κ2) is 10.8. The Labute approximate surface area is 149 Å². The Kier molecular flexibility index (Phi) is 8.74. The van der Waals surface area contributed by atoms with Gasteiger partial charge in [0.05, 0.1) is 18.5 Å². The molecule has 2 saturated heterocycles. The van der Waals surface area contributed by atoms with E-state index in [1.54, 1.807) is 11.8 Å². The summed E-state index contributed by atoms with van der Waals surface area (Å²) in [5.74, 6) is 2.35. The Morgan fingerprint density at radius 3 is 2.88 bits per heavy atom. The van der Waals surface area contributed by atoms with Gasteiger partial charge in [-0.15, -0.1) is 11.8 Å². The van der Waals surface area contributed by atoms with Crippen molar-refractivity contribution in [2.75, 3.05) is 37.9 Å². The first kappa shape index (κ1) is 19.4. The Bertz CT molecular complexity index is 403. The number of nitrogens with one attached hydrogen (secondary N) is 2. The summed E-state index contributed by atoms with van der Waals surface area (Å²) in [5.41, 5.74) is 0. The Hall–Kier alpha value is -0.950. The zero-order chi connectivity index (χ0) is 17.2. The summed E-state index contributed by atoms with van der Waals surface area (Å²) < 4.78 is 5.19. The van der Waals surface area contributed by atoms with Gasteiger partial charge in [0, 0.05) is 25.4 Å². The van der Waals surface area contributed by atoms with Crippen LogP contribution in [0.2, 0.25) is 0 Å². The standard InChI is InChI=1S/C17H31N3O3S/c1-2-3-4-5-6-8-23-17(22)19-12-14-10-15(18-11-14)16(21)20-7-9-24-13-20/h14-15,18H,2-13H2,1H3,(H,19,22)/t14-,15-/m0/s1. The highest BCUT2D eigenvalue weighted by molar-refractivity contribution is 7.99. The Balaban J connectivity index is 1.53. The van der Waals surface area contributed by atoms with Crippen molar-refractivity contribution in [2.24, 2.45) is 5.92 Å². The quantitative estimate of drug-likeness (QED) is 0.619. The molecule has 0 aromatic heterocycles. The van der Waals surface area contributed by atoms with E-state index in [0.717, 1.165) is 44.0 Å². The highest BCUT2D eigenvalue weighted by atomic mass is 32.2. The first-order valence-electron chi connectivity index (χ1n) is 9.21. The summed E-state index contributed by atoms with van der Waals surface area (Å²) >= 11 is 1.80. The minimum Gasteiger partial charge on any atom is -0.450 e. The van der Waals surface area contributed by atoms with Crippen LogP contribution < -0.4 is 10.6 Å². The topological polar surface area (TPSA) is 70.7 Å². The van der Waals surface area contributed by atoms with Crippen molar-refractivity contribution in [3.8, 4) is 0 Å². The third-order valence-corrected chi connectivity index (χ3v) is 5.57. The fourth-order valence-electron chi connectivity index (χ4n) is 3.11. The van der Waals surface area contributed by atoms with Gasteiger partial charge in [0.1, 0.15) is 0 Å². The number of thioether (sulfide) groups is 1. The first-order chi connectivity index (χ1) is 11.7. The van der Waals surface area contributed by atoms with E-state index in [-0.39, 0.29) is 18.0 Å². The molecule has 24 heavy (non-hydrogen) atoms. The minimum absolute atomic E-state index is 0.0925. The Morgan fingerprint density at radius 1 is 1.29 bits per heavy atom. The lowest BCUT2D eigenvalue weighted by atomic mass is 10.1. The average Bonchev–Trinajstić information content (AvgIpc) is 3.27. The number of ether oxygens (including phenoxy) is 1. The number of carbonyl (C=O) groups is 2. The fraction of sp³-hybridized carbons (Fsp3) is 0.882. The molecule has 0 unspecified atom stereocenters. The fourth-order valence-corrected chi connectivity index (χ4v) is 4.07. The molecule has 2 heterocycles. The largest absolute Gasteiger partial charge is 0.450 e. The lowest BCUT2D eigenvalue weighted by Gasteiger charge is -2.19. The highest BCUT2D eigenvalue weighted by Gasteiger charge is 2.33. The Morgan fingerprint density at radius 2 is 2.12 bits per heavy atom. The molecule has 2 atom stereocenters. The predicted molar refractivity (Wildman–Crippen MR) is 97.0 cm³/mol. The second-order valence-electron chi connectivity index (χ2n) is 6.63. The molecule has 2 fully saturated rings. The van der Waals surface area contributed by atoms with Gasteiger partial charge >= 0.3 is 6.09 Å². The summed E-state index contributed by atoms with van der Waals surface area (Å²) in [7, 11) is 0. The molecule has 2 N–H and O–H groups in total. The molecule has 2 aliphatic heterocycles. The van der Waals surface area contributed by atoms with Crippen LogP contribution >= 0.6 is 11.8 Å². The van der Waals surface area contributed by atoms with Crippen LogP contribution in [0.25, 0.3) is 0 Å². The van der Waals surface area contributed by atoms with Crippen molar-refractivity contribution in [3.05, 3.63) is 0 Å². The van der Waals surface area contributed by atoms with Gasteiger partial charge in [-0.2, -0.15) is 0 Å².